The van der Waals surface area contributed by atoms with Gasteiger partial charge in [0, 0.05) is 18.7 Å². The average Bonchev–Trinajstić information content (AvgIpc) is 2.98. The van der Waals surface area contributed by atoms with Crippen molar-refractivity contribution in [3.8, 4) is 11.3 Å². The molecule has 3 rings (SSSR count). The van der Waals surface area contributed by atoms with Gasteiger partial charge >= 0.3 is 0 Å². The van der Waals surface area contributed by atoms with E-state index in [1.807, 2.05) is 24.4 Å². The zero-order valence-electron chi connectivity index (χ0n) is 11.3. The van der Waals surface area contributed by atoms with Crippen LogP contribution in [0.2, 0.25) is 0 Å². The highest BCUT2D eigenvalue weighted by atomic mass is 16.6. The largest absolute Gasteiger partial charge is 0.376 e. The second-order valence-corrected chi connectivity index (χ2v) is 4.83. The Hall–Kier alpha value is -1.69. The molecular formula is C15H19N3O2. The number of hydrogen-bond donors (Lipinski definition) is 2. The van der Waals surface area contributed by atoms with Gasteiger partial charge in [-0.25, -0.2) is 0 Å². The first-order valence-corrected chi connectivity index (χ1v) is 6.91. The Labute approximate surface area is 118 Å². The van der Waals surface area contributed by atoms with Crippen molar-refractivity contribution in [2.24, 2.45) is 0 Å². The predicted molar refractivity (Wildman–Crippen MR) is 76.3 cm³/mol. The number of hydrogen-bond acceptors (Lipinski definition) is 4. The normalized spacial score (nSPS) is 19.1. The number of aromatic amines is 1. The van der Waals surface area contributed by atoms with Gasteiger partial charge in [0.15, 0.2) is 0 Å². The quantitative estimate of drug-likeness (QED) is 0.868. The molecule has 1 aromatic carbocycles. The maximum Gasteiger partial charge on any atom is 0.0933 e. The van der Waals surface area contributed by atoms with Gasteiger partial charge in [-0.1, -0.05) is 30.3 Å². The fourth-order valence-corrected chi connectivity index (χ4v) is 2.32. The van der Waals surface area contributed by atoms with E-state index in [4.69, 9.17) is 9.47 Å². The molecule has 1 aliphatic rings. The molecule has 1 aromatic heterocycles. The maximum atomic E-state index is 5.60. The minimum Gasteiger partial charge on any atom is -0.376 e. The van der Waals surface area contributed by atoms with Gasteiger partial charge in [0.25, 0.3) is 0 Å². The Bertz CT molecular complexity index is 521. The molecule has 0 bridgehead atoms. The van der Waals surface area contributed by atoms with Crippen molar-refractivity contribution in [3.63, 3.8) is 0 Å². The first-order chi connectivity index (χ1) is 9.93. The first-order valence-electron chi connectivity index (χ1n) is 6.91. The third-order valence-electron chi connectivity index (χ3n) is 3.35. The van der Waals surface area contributed by atoms with Crippen LogP contribution in [0.5, 0.6) is 0 Å². The first kappa shape index (κ1) is 13.3. The molecule has 0 aliphatic carbocycles. The Morgan fingerprint density at radius 1 is 1.25 bits per heavy atom. The van der Waals surface area contributed by atoms with Gasteiger partial charge < -0.3 is 14.8 Å². The summed E-state index contributed by atoms with van der Waals surface area (Å²) in [4.78, 5) is 0. The van der Waals surface area contributed by atoms with Crippen molar-refractivity contribution in [3.05, 3.63) is 42.1 Å². The lowest BCUT2D eigenvalue weighted by Gasteiger charge is -2.23. The van der Waals surface area contributed by atoms with Crippen LogP contribution in [0.4, 0.5) is 0 Å². The third-order valence-corrected chi connectivity index (χ3v) is 3.35. The number of nitrogens with one attached hydrogen (secondary N) is 2. The molecule has 0 radical (unpaired) electrons. The van der Waals surface area contributed by atoms with E-state index >= 15 is 0 Å². The lowest BCUT2D eigenvalue weighted by molar-refractivity contribution is -0.0864. The van der Waals surface area contributed by atoms with E-state index in [1.165, 1.54) is 0 Å². The molecule has 1 unspecified atom stereocenters. The molecule has 0 saturated carbocycles. The number of ether oxygens (including phenoxy) is 2. The fraction of sp³-hybridized carbons (Fsp3) is 0.400. The van der Waals surface area contributed by atoms with Crippen molar-refractivity contribution >= 4 is 0 Å². The molecule has 2 N–H and O–H groups in total. The average molecular weight is 273 g/mol. The number of nitrogens with zero attached hydrogens (tertiary/aromatic N) is 1. The lowest BCUT2D eigenvalue weighted by atomic mass is 10.1. The van der Waals surface area contributed by atoms with Crippen LogP contribution in [0.3, 0.4) is 0 Å². The van der Waals surface area contributed by atoms with Crippen molar-refractivity contribution in [1.82, 2.24) is 15.5 Å². The van der Waals surface area contributed by atoms with Gasteiger partial charge in [0.1, 0.15) is 0 Å². The zero-order valence-corrected chi connectivity index (χ0v) is 11.3. The number of benzene rings is 1. The Balaban J connectivity index is 1.57. The monoisotopic (exact) mass is 273 g/mol. The summed E-state index contributed by atoms with van der Waals surface area (Å²) in [7, 11) is 0. The molecule has 1 aliphatic heterocycles. The van der Waals surface area contributed by atoms with Crippen molar-refractivity contribution in [2.75, 3.05) is 26.4 Å². The summed E-state index contributed by atoms with van der Waals surface area (Å²) in [5.74, 6) is 0. The molecular weight excluding hydrogens is 254 g/mol. The van der Waals surface area contributed by atoms with Crippen LogP contribution in [-0.2, 0) is 16.0 Å². The molecule has 1 fully saturated rings. The summed E-state index contributed by atoms with van der Waals surface area (Å²) in [6, 6.07) is 10.2. The lowest BCUT2D eigenvalue weighted by Crippen LogP contribution is -2.37. The van der Waals surface area contributed by atoms with Crippen LogP contribution in [0.15, 0.2) is 36.5 Å². The van der Waals surface area contributed by atoms with Crippen LogP contribution < -0.4 is 5.32 Å². The van der Waals surface area contributed by atoms with Crippen LogP contribution >= 0.6 is 0 Å². The maximum absolute atomic E-state index is 5.60. The van der Waals surface area contributed by atoms with E-state index in [1.54, 1.807) is 0 Å². The number of H-pyrrole nitrogens is 1. The standard InChI is InChI=1S/C15H19N3O2/c1-2-4-12(5-3-1)15-13(9-17-18-15)8-16-10-14-11-19-6-7-20-14/h1-5,9,14,16H,6-8,10-11H2,(H,17,18). The summed E-state index contributed by atoms with van der Waals surface area (Å²) in [6.07, 6.45) is 2.02. The predicted octanol–water partition coefficient (Wildman–Crippen LogP) is 1.58. The second kappa shape index (κ2) is 6.65. The Morgan fingerprint density at radius 3 is 2.95 bits per heavy atom. The number of aromatic nitrogens is 2. The molecule has 1 atom stereocenters. The van der Waals surface area contributed by atoms with E-state index in [0.29, 0.717) is 19.8 Å². The molecule has 0 amide bonds. The molecule has 1 saturated heterocycles. The molecule has 106 valence electrons. The summed E-state index contributed by atoms with van der Waals surface area (Å²) in [6.45, 7) is 3.62. The number of rotatable bonds is 5. The van der Waals surface area contributed by atoms with Gasteiger partial charge in [-0.2, -0.15) is 5.10 Å². The molecule has 5 nitrogen and oxygen atoms in total. The minimum absolute atomic E-state index is 0.149. The summed E-state index contributed by atoms with van der Waals surface area (Å²) < 4.78 is 11.0. The van der Waals surface area contributed by atoms with Crippen molar-refractivity contribution in [2.45, 2.75) is 12.6 Å². The van der Waals surface area contributed by atoms with Gasteiger partial charge in [-0.15, -0.1) is 0 Å². The molecule has 2 heterocycles. The SMILES string of the molecule is c1ccc(-c2[nH]ncc2CNCC2COCCO2)cc1. The third kappa shape index (κ3) is 3.25. The van der Waals surface area contributed by atoms with E-state index in [9.17, 15) is 0 Å². The van der Waals surface area contributed by atoms with Crippen molar-refractivity contribution < 1.29 is 9.47 Å². The molecule has 20 heavy (non-hydrogen) atoms. The van der Waals surface area contributed by atoms with Gasteiger partial charge in [0.05, 0.1) is 37.8 Å². The molecule has 0 spiro atoms. The second-order valence-electron chi connectivity index (χ2n) is 4.83. The van der Waals surface area contributed by atoms with Gasteiger partial charge in [0.2, 0.25) is 0 Å². The van der Waals surface area contributed by atoms with Gasteiger partial charge in [-0.3, -0.25) is 5.10 Å². The van der Waals surface area contributed by atoms with Crippen LogP contribution in [-0.4, -0.2) is 42.7 Å². The highest BCUT2D eigenvalue weighted by Crippen LogP contribution is 2.20. The topological polar surface area (TPSA) is 59.2 Å². The molecule has 2 aromatic rings. The minimum atomic E-state index is 0.149. The Kier molecular flexibility index (Phi) is 4.42. The zero-order chi connectivity index (χ0) is 13.6. The summed E-state index contributed by atoms with van der Waals surface area (Å²) in [5.41, 5.74) is 3.38. The van der Waals surface area contributed by atoms with Crippen molar-refractivity contribution in [1.29, 1.82) is 0 Å². The highest BCUT2D eigenvalue weighted by Gasteiger charge is 2.14. The summed E-state index contributed by atoms with van der Waals surface area (Å²) >= 11 is 0. The van der Waals surface area contributed by atoms with Gasteiger partial charge in [-0.05, 0) is 5.56 Å². The van der Waals surface area contributed by atoms with Crippen LogP contribution in [0.25, 0.3) is 11.3 Å². The smallest absolute Gasteiger partial charge is 0.0933 e. The highest BCUT2D eigenvalue weighted by molar-refractivity contribution is 5.62. The fourth-order valence-electron chi connectivity index (χ4n) is 2.32. The van der Waals surface area contributed by atoms with Crippen LogP contribution in [0.1, 0.15) is 5.56 Å². The van der Waals surface area contributed by atoms with Crippen LogP contribution in [0, 0.1) is 0 Å². The summed E-state index contributed by atoms with van der Waals surface area (Å²) in [5, 5.41) is 10.6. The Morgan fingerprint density at radius 2 is 2.15 bits per heavy atom. The van der Waals surface area contributed by atoms with E-state index in [-0.39, 0.29) is 6.10 Å². The van der Waals surface area contributed by atoms with E-state index < -0.39 is 0 Å². The van der Waals surface area contributed by atoms with E-state index in [2.05, 4.69) is 27.6 Å². The molecule has 5 heteroatoms. The van der Waals surface area contributed by atoms with E-state index in [0.717, 1.165) is 29.9 Å².